The summed E-state index contributed by atoms with van der Waals surface area (Å²) in [5, 5.41) is 17.4. The predicted molar refractivity (Wildman–Crippen MR) is 62.6 cm³/mol. The fourth-order valence-electron chi connectivity index (χ4n) is 1.53. The van der Waals surface area contributed by atoms with Crippen LogP contribution in [0.15, 0.2) is 11.4 Å². The minimum absolute atomic E-state index is 0.227. The Hall–Kier alpha value is -1.77. The lowest BCUT2D eigenvalue weighted by Crippen LogP contribution is -2.42. The van der Waals surface area contributed by atoms with Crippen LogP contribution in [0.3, 0.4) is 0 Å². The zero-order chi connectivity index (χ0) is 14.6. The van der Waals surface area contributed by atoms with Crippen LogP contribution < -0.4 is 11.1 Å². The molecule has 0 amide bonds. The first-order valence-corrected chi connectivity index (χ1v) is 5.49. The molecule has 0 fully saturated rings. The number of aromatic nitrogens is 2. The molecule has 0 aliphatic heterocycles. The van der Waals surface area contributed by atoms with Crippen LogP contribution in [-0.4, -0.2) is 33.5 Å². The second kappa shape index (κ2) is 5.91. The smallest absolute Gasteiger partial charge is 0.400 e. The number of alkyl halides is 3. The van der Waals surface area contributed by atoms with Gasteiger partial charge in [0.2, 0.25) is 0 Å². The van der Waals surface area contributed by atoms with Gasteiger partial charge >= 0.3 is 6.18 Å². The molecule has 0 spiro atoms. The molecule has 0 saturated heterocycles. The van der Waals surface area contributed by atoms with Gasteiger partial charge in [-0.1, -0.05) is 5.16 Å². The van der Waals surface area contributed by atoms with E-state index in [2.05, 4.69) is 15.6 Å². The maximum Gasteiger partial charge on any atom is 0.400 e. The Bertz CT molecular complexity index is 455. The third kappa shape index (κ3) is 3.85. The Morgan fingerprint density at radius 3 is 2.68 bits per heavy atom. The van der Waals surface area contributed by atoms with Crippen LogP contribution in [0.5, 0.6) is 0 Å². The van der Waals surface area contributed by atoms with E-state index in [1.54, 1.807) is 17.9 Å². The molecule has 108 valence electrons. The number of hydrogen-bond donors (Lipinski definition) is 3. The molecule has 0 aliphatic rings. The maximum atomic E-state index is 12.6. The third-order valence-corrected chi connectivity index (χ3v) is 2.87. The summed E-state index contributed by atoms with van der Waals surface area (Å²) < 4.78 is 39.5. The van der Waals surface area contributed by atoms with Crippen molar-refractivity contribution in [1.82, 2.24) is 15.1 Å². The van der Waals surface area contributed by atoms with Crippen molar-refractivity contribution in [2.24, 2.45) is 23.9 Å². The van der Waals surface area contributed by atoms with E-state index in [1.807, 2.05) is 6.92 Å². The number of rotatable bonds is 5. The van der Waals surface area contributed by atoms with E-state index in [0.29, 0.717) is 0 Å². The summed E-state index contributed by atoms with van der Waals surface area (Å²) in [7, 11) is 1.74. The highest BCUT2D eigenvalue weighted by Gasteiger charge is 2.42. The van der Waals surface area contributed by atoms with E-state index < -0.39 is 24.5 Å². The largest absolute Gasteiger partial charge is 0.409 e. The van der Waals surface area contributed by atoms with Gasteiger partial charge in [-0.2, -0.15) is 18.3 Å². The minimum Gasteiger partial charge on any atom is -0.409 e. The fraction of sp³-hybridized carbons (Fsp3) is 0.600. The molecule has 6 nitrogen and oxygen atoms in total. The van der Waals surface area contributed by atoms with E-state index in [4.69, 9.17) is 10.9 Å². The first-order valence-electron chi connectivity index (χ1n) is 5.49. The Kier molecular flexibility index (Phi) is 4.76. The Morgan fingerprint density at radius 2 is 2.26 bits per heavy atom. The summed E-state index contributed by atoms with van der Waals surface area (Å²) in [5.41, 5.74) is 6.70. The highest BCUT2D eigenvalue weighted by molar-refractivity contribution is 5.83. The SMILES string of the molecule is Cc1c(CNCC(C(N)=NO)C(F)(F)F)cnn1C. The molecule has 1 rings (SSSR count). The van der Waals surface area contributed by atoms with Crippen LogP contribution in [0.4, 0.5) is 13.2 Å². The predicted octanol–water partition coefficient (Wildman–Crippen LogP) is 0.743. The van der Waals surface area contributed by atoms with Gasteiger partial charge in [-0.25, -0.2) is 0 Å². The first-order chi connectivity index (χ1) is 8.77. The lowest BCUT2D eigenvalue weighted by molar-refractivity contribution is -0.154. The van der Waals surface area contributed by atoms with Crippen molar-refractivity contribution in [3.05, 3.63) is 17.5 Å². The van der Waals surface area contributed by atoms with Crippen LogP contribution in [0.1, 0.15) is 11.3 Å². The van der Waals surface area contributed by atoms with Crippen LogP contribution in [0, 0.1) is 12.8 Å². The van der Waals surface area contributed by atoms with E-state index in [9.17, 15) is 13.2 Å². The van der Waals surface area contributed by atoms with E-state index >= 15 is 0 Å². The first kappa shape index (κ1) is 15.3. The minimum atomic E-state index is -4.56. The van der Waals surface area contributed by atoms with Crippen molar-refractivity contribution in [2.75, 3.05) is 6.54 Å². The molecule has 0 bridgehead atoms. The van der Waals surface area contributed by atoms with Gasteiger partial charge in [-0.3, -0.25) is 4.68 Å². The number of halogens is 3. The number of aryl methyl sites for hydroxylation is 1. The molecule has 1 heterocycles. The molecular formula is C10H16F3N5O. The lowest BCUT2D eigenvalue weighted by Gasteiger charge is -2.19. The fourth-order valence-corrected chi connectivity index (χ4v) is 1.53. The highest BCUT2D eigenvalue weighted by atomic mass is 19.4. The van der Waals surface area contributed by atoms with Crippen molar-refractivity contribution >= 4 is 5.84 Å². The Morgan fingerprint density at radius 1 is 1.63 bits per heavy atom. The Labute approximate surface area is 108 Å². The van der Waals surface area contributed by atoms with Crippen molar-refractivity contribution in [3.63, 3.8) is 0 Å². The molecule has 4 N–H and O–H groups in total. The van der Waals surface area contributed by atoms with Gasteiger partial charge in [0.25, 0.3) is 0 Å². The monoisotopic (exact) mass is 279 g/mol. The number of amidine groups is 1. The second-order valence-corrected chi connectivity index (χ2v) is 4.13. The van der Waals surface area contributed by atoms with Crippen molar-refractivity contribution in [3.8, 4) is 0 Å². The quantitative estimate of drug-likeness (QED) is 0.321. The molecule has 1 aromatic heterocycles. The molecule has 0 aliphatic carbocycles. The molecule has 19 heavy (non-hydrogen) atoms. The zero-order valence-electron chi connectivity index (χ0n) is 10.6. The summed E-state index contributed by atoms with van der Waals surface area (Å²) in [5.74, 6) is -2.88. The van der Waals surface area contributed by atoms with Crippen LogP contribution in [-0.2, 0) is 13.6 Å². The summed E-state index contributed by atoms with van der Waals surface area (Å²) in [6, 6.07) is 0. The molecule has 0 aromatic carbocycles. The van der Waals surface area contributed by atoms with Crippen LogP contribution in [0.25, 0.3) is 0 Å². The maximum absolute atomic E-state index is 12.6. The average Bonchev–Trinajstić information content (AvgIpc) is 2.63. The molecule has 1 unspecified atom stereocenters. The molecule has 9 heteroatoms. The van der Waals surface area contributed by atoms with E-state index in [-0.39, 0.29) is 6.54 Å². The molecule has 0 radical (unpaired) electrons. The summed E-state index contributed by atoms with van der Waals surface area (Å²) >= 11 is 0. The van der Waals surface area contributed by atoms with Crippen molar-refractivity contribution in [1.29, 1.82) is 0 Å². The number of nitrogens with zero attached hydrogens (tertiary/aromatic N) is 3. The molecule has 1 aromatic rings. The number of nitrogens with one attached hydrogen (secondary N) is 1. The number of nitrogens with two attached hydrogens (primary N) is 1. The summed E-state index contributed by atoms with van der Waals surface area (Å²) in [6.45, 7) is 1.58. The van der Waals surface area contributed by atoms with Gasteiger partial charge in [0.05, 0.1) is 6.20 Å². The lowest BCUT2D eigenvalue weighted by atomic mass is 10.1. The van der Waals surface area contributed by atoms with Crippen molar-refractivity contribution < 1.29 is 18.4 Å². The summed E-state index contributed by atoms with van der Waals surface area (Å²) in [4.78, 5) is 0. The normalized spacial score (nSPS) is 14.7. The van der Waals surface area contributed by atoms with Crippen molar-refractivity contribution in [2.45, 2.75) is 19.6 Å². The van der Waals surface area contributed by atoms with Gasteiger partial charge < -0.3 is 16.3 Å². The van der Waals surface area contributed by atoms with Gasteiger partial charge in [-0.05, 0) is 6.92 Å². The molecular weight excluding hydrogens is 263 g/mol. The highest BCUT2D eigenvalue weighted by Crippen LogP contribution is 2.25. The third-order valence-electron chi connectivity index (χ3n) is 2.87. The van der Waals surface area contributed by atoms with E-state index in [0.717, 1.165) is 11.3 Å². The average molecular weight is 279 g/mol. The van der Waals surface area contributed by atoms with Crippen LogP contribution in [0.2, 0.25) is 0 Å². The number of hydrogen-bond acceptors (Lipinski definition) is 4. The topological polar surface area (TPSA) is 88.5 Å². The zero-order valence-corrected chi connectivity index (χ0v) is 10.6. The van der Waals surface area contributed by atoms with Gasteiger partial charge in [-0.15, -0.1) is 0 Å². The second-order valence-electron chi connectivity index (χ2n) is 4.13. The van der Waals surface area contributed by atoms with Crippen LogP contribution >= 0.6 is 0 Å². The summed E-state index contributed by atoms with van der Waals surface area (Å²) in [6.07, 6.45) is -2.98. The van der Waals surface area contributed by atoms with Gasteiger partial charge in [0.1, 0.15) is 5.92 Å². The van der Waals surface area contributed by atoms with Gasteiger partial charge in [0, 0.05) is 31.4 Å². The molecule has 0 saturated carbocycles. The van der Waals surface area contributed by atoms with E-state index in [1.165, 1.54) is 0 Å². The Balaban J connectivity index is 2.61. The van der Waals surface area contributed by atoms with Gasteiger partial charge in [0.15, 0.2) is 5.84 Å². The number of oxime groups is 1. The molecule has 1 atom stereocenters. The standard InChI is InChI=1S/C10H16F3N5O/c1-6-7(4-16-18(6)2)3-15-5-8(9(14)17-19)10(11,12)13/h4,8,15,19H,3,5H2,1-2H3,(H2,14,17).